The van der Waals surface area contributed by atoms with Crippen LogP contribution in [0.25, 0.3) is 0 Å². The lowest BCUT2D eigenvalue weighted by atomic mass is 10.1. The van der Waals surface area contributed by atoms with Gasteiger partial charge in [0.25, 0.3) is 0 Å². The molecule has 1 saturated carbocycles. The Morgan fingerprint density at radius 3 is 2.59 bits per heavy atom. The molecule has 2 amide bonds. The van der Waals surface area contributed by atoms with E-state index in [4.69, 9.17) is 4.74 Å². The minimum atomic E-state index is -0.193. The normalized spacial score (nSPS) is 20.7. The molecule has 0 aliphatic heterocycles. The molecule has 2 rings (SSSR count). The summed E-state index contributed by atoms with van der Waals surface area (Å²) in [7, 11) is 0. The first-order valence-electron chi connectivity index (χ1n) is 7.94. The summed E-state index contributed by atoms with van der Waals surface area (Å²) in [5.41, 5.74) is 2.33. The first-order valence-corrected chi connectivity index (χ1v) is 7.94. The van der Waals surface area contributed by atoms with Gasteiger partial charge >= 0.3 is 6.03 Å². The minimum Gasteiger partial charge on any atom is -0.492 e. The van der Waals surface area contributed by atoms with Gasteiger partial charge in [-0.3, -0.25) is 0 Å². The van der Waals surface area contributed by atoms with Crippen molar-refractivity contribution in [2.24, 2.45) is 5.92 Å². The van der Waals surface area contributed by atoms with E-state index in [0.29, 0.717) is 25.6 Å². The zero-order chi connectivity index (χ0) is 15.9. The van der Waals surface area contributed by atoms with Crippen LogP contribution in [0.15, 0.2) is 18.2 Å². The number of carbonyl (C=O) groups excluding carboxylic acids is 1. The highest BCUT2D eigenvalue weighted by Crippen LogP contribution is 2.24. The van der Waals surface area contributed by atoms with Gasteiger partial charge in [-0.1, -0.05) is 6.07 Å². The molecule has 0 unspecified atom stereocenters. The molecule has 22 heavy (non-hydrogen) atoms. The van der Waals surface area contributed by atoms with Crippen molar-refractivity contribution in [3.63, 3.8) is 0 Å². The molecule has 0 radical (unpaired) electrons. The topological polar surface area (TPSA) is 70.6 Å². The van der Waals surface area contributed by atoms with Gasteiger partial charge in [-0.25, -0.2) is 4.79 Å². The second-order valence-electron chi connectivity index (χ2n) is 6.14. The summed E-state index contributed by atoms with van der Waals surface area (Å²) in [6.45, 7) is 5.60. The van der Waals surface area contributed by atoms with E-state index in [-0.39, 0.29) is 12.1 Å². The second-order valence-corrected chi connectivity index (χ2v) is 6.14. The predicted molar refractivity (Wildman–Crippen MR) is 86.2 cm³/mol. The highest BCUT2D eigenvalue weighted by atomic mass is 16.5. The number of aryl methyl sites for hydroxylation is 2. The molecular formula is C17H26N2O3. The van der Waals surface area contributed by atoms with Gasteiger partial charge < -0.3 is 20.5 Å². The molecule has 0 heterocycles. The van der Waals surface area contributed by atoms with Crippen LogP contribution in [0.2, 0.25) is 0 Å². The Balaban J connectivity index is 1.58. The summed E-state index contributed by atoms with van der Waals surface area (Å²) >= 11 is 0. The molecule has 1 aliphatic carbocycles. The van der Waals surface area contributed by atoms with Crippen LogP contribution < -0.4 is 15.4 Å². The third kappa shape index (κ3) is 5.56. The lowest BCUT2D eigenvalue weighted by Crippen LogP contribution is -2.39. The van der Waals surface area contributed by atoms with Crippen LogP contribution in [0.3, 0.4) is 0 Å². The summed E-state index contributed by atoms with van der Waals surface area (Å²) in [5, 5.41) is 15.1. The zero-order valence-electron chi connectivity index (χ0n) is 13.4. The monoisotopic (exact) mass is 306 g/mol. The number of nitrogens with one attached hydrogen (secondary N) is 2. The maximum atomic E-state index is 11.7. The van der Waals surface area contributed by atoms with E-state index < -0.39 is 0 Å². The maximum Gasteiger partial charge on any atom is 0.314 e. The Morgan fingerprint density at radius 1 is 1.23 bits per heavy atom. The number of benzene rings is 1. The minimum absolute atomic E-state index is 0.176. The average molecular weight is 306 g/mol. The number of aliphatic hydroxyl groups excluding tert-OH is 1. The van der Waals surface area contributed by atoms with E-state index in [1.54, 1.807) is 0 Å². The fourth-order valence-electron chi connectivity index (χ4n) is 2.88. The van der Waals surface area contributed by atoms with E-state index in [1.165, 1.54) is 11.1 Å². The SMILES string of the molecule is Cc1cc(C)cc(OCCNC(=O)NC[C@@H]2CC[C@@H](O)C2)c1. The van der Waals surface area contributed by atoms with E-state index >= 15 is 0 Å². The van der Waals surface area contributed by atoms with Crippen LogP contribution in [0, 0.1) is 19.8 Å². The Labute approximate surface area is 132 Å². The standard InChI is InChI=1S/C17H26N2O3/c1-12-7-13(2)9-16(8-12)22-6-5-18-17(21)19-11-14-3-4-15(20)10-14/h7-9,14-15,20H,3-6,10-11H2,1-2H3,(H2,18,19,21)/t14-,15-/m1/s1. The van der Waals surface area contributed by atoms with Crippen molar-refractivity contribution in [1.29, 1.82) is 0 Å². The van der Waals surface area contributed by atoms with Crippen LogP contribution in [0.4, 0.5) is 4.79 Å². The number of hydrogen-bond acceptors (Lipinski definition) is 3. The summed E-state index contributed by atoms with van der Waals surface area (Å²) in [5.74, 6) is 1.23. The van der Waals surface area contributed by atoms with E-state index in [9.17, 15) is 9.90 Å². The van der Waals surface area contributed by atoms with Crippen LogP contribution in [-0.4, -0.2) is 36.9 Å². The molecule has 1 fully saturated rings. The van der Waals surface area contributed by atoms with Gasteiger partial charge in [0.15, 0.2) is 0 Å². The largest absolute Gasteiger partial charge is 0.492 e. The molecule has 2 atom stereocenters. The Bertz CT molecular complexity index is 484. The lowest BCUT2D eigenvalue weighted by molar-refractivity contribution is 0.177. The third-order valence-corrected chi connectivity index (χ3v) is 3.92. The fraction of sp³-hybridized carbons (Fsp3) is 0.588. The van der Waals surface area contributed by atoms with Gasteiger partial charge in [0, 0.05) is 6.54 Å². The van der Waals surface area contributed by atoms with Crippen LogP contribution >= 0.6 is 0 Å². The molecule has 1 aliphatic rings. The number of ether oxygens (including phenoxy) is 1. The van der Waals surface area contributed by atoms with Crippen molar-refractivity contribution in [1.82, 2.24) is 10.6 Å². The predicted octanol–water partition coefficient (Wildman–Crippen LogP) is 2.14. The molecular weight excluding hydrogens is 280 g/mol. The van der Waals surface area contributed by atoms with Crippen molar-refractivity contribution in [3.05, 3.63) is 29.3 Å². The molecule has 0 spiro atoms. The first-order chi connectivity index (χ1) is 10.5. The van der Waals surface area contributed by atoms with E-state index in [1.807, 2.05) is 26.0 Å². The van der Waals surface area contributed by atoms with Crippen LogP contribution in [0.1, 0.15) is 30.4 Å². The van der Waals surface area contributed by atoms with Gasteiger partial charge in [-0.2, -0.15) is 0 Å². The van der Waals surface area contributed by atoms with Gasteiger partial charge in [0.2, 0.25) is 0 Å². The Morgan fingerprint density at radius 2 is 1.95 bits per heavy atom. The van der Waals surface area contributed by atoms with Crippen molar-refractivity contribution >= 4 is 6.03 Å². The molecule has 1 aromatic carbocycles. The molecule has 0 saturated heterocycles. The molecule has 3 N–H and O–H groups in total. The Hall–Kier alpha value is -1.75. The third-order valence-electron chi connectivity index (χ3n) is 3.92. The van der Waals surface area contributed by atoms with Gasteiger partial charge in [0.05, 0.1) is 12.6 Å². The molecule has 1 aromatic rings. The lowest BCUT2D eigenvalue weighted by Gasteiger charge is -2.12. The number of rotatable bonds is 6. The average Bonchev–Trinajstić information content (AvgIpc) is 2.86. The van der Waals surface area contributed by atoms with Crippen molar-refractivity contribution in [3.8, 4) is 5.75 Å². The van der Waals surface area contributed by atoms with Crippen molar-refractivity contribution in [2.75, 3.05) is 19.7 Å². The van der Waals surface area contributed by atoms with Crippen LogP contribution in [-0.2, 0) is 0 Å². The fourth-order valence-corrected chi connectivity index (χ4v) is 2.88. The molecule has 122 valence electrons. The molecule has 0 bridgehead atoms. The van der Waals surface area contributed by atoms with Gasteiger partial charge in [-0.05, 0) is 62.3 Å². The summed E-state index contributed by atoms with van der Waals surface area (Å²) in [6.07, 6.45) is 2.42. The summed E-state index contributed by atoms with van der Waals surface area (Å²) in [6, 6.07) is 5.89. The van der Waals surface area contributed by atoms with Crippen molar-refractivity contribution < 1.29 is 14.6 Å². The highest BCUT2D eigenvalue weighted by Gasteiger charge is 2.22. The maximum absolute atomic E-state index is 11.7. The van der Waals surface area contributed by atoms with Gasteiger partial charge in [0.1, 0.15) is 12.4 Å². The number of hydrogen-bond donors (Lipinski definition) is 3. The number of carbonyl (C=O) groups is 1. The molecule has 0 aromatic heterocycles. The molecule has 5 heteroatoms. The number of amides is 2. The smallest absolute Gasteiger partial charge is 0.314 e. The second kappa shape index (κ2) is 8.03. The number of aliphatic hydroxyl groups is 1. The first kappa shape index (κ1) is 16.6. The molecule has 5 nitrogen and oxygen atoms in total. The summed E-state index contributed by atoms with van der Waals surface area (Å²) in [4.78, 5) is 11.7. The van der Waals surface area contributed by atoms with Crippen LogP contribution in [0.5, 0.6) is 5.75 Å². The summed E-state index contributed by atoms with van der Waals surface area (Å²) < 4.78 is 5.63. The Kier molecular flexibility index (Phi) is 6.07. The quantitative estimate of drug-likeness (QED) is 0.705. The van der Waals surface area contributed by atoms with Gasteiger partial charge in [-0.15, -0.1) is 0 Å². The zero-order valence-corrected chi connectivity index (χ0v) is 13.4. The van der Waals surface area contributed by atoms with Crippen molar-refractivity contribution in [2.45, 2.75) is 39.2 Å². The number of urea groups is 1. The van der Waals surface area contributed by atoms with E-state index in [2.05, 4.69) is 16.7 Å². The van der Waals surface area contributed by atoms with E-state index in [0.717, 1.165) is 25.0 Å². The highest BCUT2D eigenvalue weighted by molar-refractivity contribution is 5.73.